The van der Waals surface area contributed by atoms with E-state index in [0.29, 0.717) is 5.25 Å². The minimum absolute atomic E-state index is 0.569. The number of thioether (sulfide) groups is 1. The predicted molar refractivity (Wildman–Crippen MR) is 81.0 cm³/mol. The van der Waals surface area contributed by atoms with Crippen LogP contribution in [0.2, 0.25) is 0 Å². The normalized spacial score (nSPS) is 19.1. The molecule has 1 N–H and O–H groups in total. The van der Waals surface area contributed by atoms with E-state index in [0.717, 1.165) is 24.6 Å². The molecular formula is C16H17NOS. The van der Waals surface area contributed by atoms with Crippen molar-refractivity contribution in [1.82, 2.24) is 5.32 Å². The first-order valence-corrected chi connectivity index (χ1v) is 7.62. The SMILES string of the molecule is c1ccc(Oc2ccc(C3CNCCS3)cc2)cc1. The lowest BCUT2D eigenvalue weighted by atomic mass is 10.1. The number of rotatable bonds is 3. The molecule has 1 aliphatic rings. The van der Waals surface area contributed by atoms with Gasteiger partial charge in [-0.15, -0.1) is 0 Å². The van der Waals surface area contributed by atoms with Crippen LogP contribution in [0, 0.1) is 0 Å². The molecule has 1 unspecified atom stereocenters. The van der Waals surface area contributed by atoms with Crippen LogP contribution in [0.1, 0.15) is 10.8 Å². The van der Waals surface area contributed by atoms with Gasteiger partial charge in [-0.05, 0) is 29.8 Å². The standard InChI is InChI=1S/C16H17NOS/c1-2-4-14(5-3-1)18-15-8-6-13(7-9-15)16-12-17-10-11-19-16/h1-9,16-17H,10-12H2. The molecule has 1 fully saturated rings. The molecule has 2 aromatic carbocycles. The molecule has 2 aromatic rings. The van der Waals surface area contributed by atoms with Crippen LogP contribution in [-0.4, -0.2) is 18.8 Å². The van der Waals surface area contributed by atoms with Gasteiger partial charge in [0.15, 0.2) is 0 Å². The van der Waals surface area contributed by atoms with Gasteiger partial charge >= 0.3 is 0 Å². The average molecular weight is 271 g/mol. The molecule has 0 spiro atoms. The molecule has 1 aliphatic heterocycles. The Kier molecular flexibility index (Phi) is 4.06. The van der Waals surface area contributed by atoms with Crippen LogP contribution in [0.25, 0.3) is 0 Å². The van der Waals surface area contributed by atoms with E-state index in [4.69, 9.17) is 4.74 Å². The van der Waals surface area contributed by atoms with E-state index >= 15 is 0 Å². The molecule has 0 bridgehead atoms. The van der Waals surface area contributed by atoms with E-state index < -0.39 is 0 Å². The van der Waals surface area contributed by atoms with E-state index in [1.165, 1.54) is 11.3 Å². The highest BCUT2D eigenvalue weighted by atomic mass is 32.2. The van der Waals surface area contributed by atoms with Crippen LogP contribution in [0.5, 0.6) is 11.5 Å². The quantitative estimate of drug-likeness (QED) is 0.916. The number of hydrogen-bond donors (Lipinski definition) is 1. The Morgan fingerprint density at radius 2 is 1.68 bits per heavy atom. The second-order valence-electron chi connectivity index (χ2n) is 4.55. The van der Waals surface area contributed by atoms with Crippen LogP contribution in [0.3, 0.4) is 0 Å². The maximum absolute atomic E-state index is 5.80. The molecule has 0 amide bonds. The van der Waals surface area contributed by atoms with E-state index in [9.17, 15) is 0 Å². The minimum atomic E-state index is 0.569. The van der Waals surface area contributed by atoms with Crippen LogP contribution in [0.15, 0.2) is 54.6 Å². The summed E-state index contributed by atoms with van der Waals surface area (Å²) in [4.78, 5) is 0. The number of hydrogen-bond acceptors (Lipinski definition) is 3. The fraction of sp³-hybridized carbons (Fsp3) is 0.250. The molecule has 1 saturated heterocycles. The summed E-state index contributed by atoms with van der Waals surface area (Å²) in [7, 11) is 0. The van der Waals surface area contributed by atoms with Gasteiger partial charge in [0.05, 0.1) is 0 Å². The minimum Gasteiger partial charge on any atom is -0.457 e. The first kappa shape index (κ1) is 12.6. The molecule has 0 aliphatic carbocycles. The molecule has 0 radical (unpaired) electrons. The monoisotopic (exact) mass is 271 g/mol. The van der Waals surface area contributed by atoms with E-state index in [1.54, 1.807) is 0 Å². The van der Waals surface area contributed by atoms with Crippen LogP contribution in [0.4, 0.5) is 0 Å². The summed E-state index contributed by atoms with van der Waals surface area (Å²) in [5, 5.41) is 4.00. The van der Waals surface area contributed by atoms with Crippen molar-refractivity contribution in [3.05, 3.63) is 60.2 Å². The summed E-state index contributed by atoms with van der Waals surface area (Å²) in [5.41, 5.74) is 1.37. The first-order chi connectivity index (χ1) is 9.42. The van der Waals surface area contributed by atoms with Gasteiger partial charge in [0, 0.05) is 24.1 Å². The lowest BCUT2D eigenvalue weighted by molar-refractivity contribution is 0.482. The van der Waals surface area contributed by atoms with E-state index in [-0.39, 0.29) is 0 Å². The van der Waals surface area contributed by atoms with Gasteiger partial charge in [0.2, 0.25) is 0 Å². The first-order valence-electron chi connectivity index (χ1n) is 6.57. The van der Waals surface area contributed by atoms with Crippen molar-refractivity contribution in [2.75, 3.05) is 18.8 Å². The Balaban J connectivity index is 1.68. The second kappa shape index (κ2) is 6.13. The van der Waals surface area contributed by atoms with Gasteiger partial charge in [-0.25, -0.2) is 0 Å². The van der Waals surface area contributed by atoms with Crippen molar-refractivity contribution >= 4 is 11.8 Å². The molecule has 19 heavy (non-hydrogen) atoms. The molecule has 0 saturated carbocycles. The van der Waals surface area contributed by atoms with Crippen LogP contribution in [-0.2, 0) is 0 Å². The zero-order valence-corrected chi connectivity index (χ0v) is 11.5. The smallest absolute Gasteiger partial charge is 0.127 e. The molecule has 3 rings (SSSR count). The third kappa shape index (κ3) is 3.31. The van der Waals surface area contributed by atoms with Gasteiger partial charge in [-0.1, -0.05) is 30.3 Å². The molecule has 2 nitrogen and oxygen atoms in total. The largest absolute Gasteiger partial charge is 0.457 e. The molecule has 3 heteroatoms. The van der Waals surface area contributed by atoms with Gasteiger partial charge < -0.3 is 10.1 Å². The maximum Gasteiger partial charge on any atom is 0.127 e. The second-order valence-corrected chi connectivity index (χ2v) is 5.86. The molecule has 98 valence electrons. The van der Waals surface area contributed by atoms with Crippen molar-refractivity contribution in [2.45, 2.75) is 5.25 Å². The van der Waals surface area contributed by atoms with Crippen LogP contribution < -0.4 is 10.1 Å². The summed E-state index contributed by atoms with van der Waals surface area (Å²) < 4.78 is 5.80. The van der Waals surface area contributed by atoms with Gasteiger partial charge in [0.1, 0.15) is 11.5 Å². The number of benzene rings is 2. The molecule has 0 aromatic heterocycles. The lowest BCUT2D eigenvalue weighted by Crippen LogP contribution is -2.27. The molecule has 1 atom stereocenters. The van der Waals surface area contributed by atoms with E-state index in [2.05, 4.69) is 29.6 Å². The number of ether oxygens (including phenoxy) is 1. The highest BCUT2D eigenvalue weighted by Gasteiger charge is 2.15. The van der Waals surface area contributed by atoms with Gasteiger partial charge in [-0.3, -0.25) is 0 Å². The van der Waals surface area contributed by atoms with Crippen molar-refractivity contribution in [1.29, 1.82) is 0 Å². The summed E-state index contributed by atoms with van der Waals surface area (Å²) in [6, 6.07) is 18.3. The zero-order chi connectivity index (χ0) is 12.9. The zero-order valence-electron chi connectivity index (χ0n) is 10.7. The molecule has 1 heterocycles. The number of nitrogens with one attached hydrogen (secondary N) is 1. The summed E-state index contributed by atoms with van der Waals surface area (Å²) in [6.07, 6.45) is 0. The summed E-state index contributed by atoms with van der Waals surface area (Å²) >= 11 is 2.02. The lowest BCUT2D eigenvalue weighted by Gasteiger charge is -2.22. The van der Waals surface area contributed by atoms with Gasteiger partial charge in [0.25, 0.3) is 0 Å². The Bertz CT molecular complexity index is 506. The Hall–Kier alpha value is -1.45. The fourth-order valence-electron chi connectivity index (χ4n) is 2.15. The summed E-state index contributed by atoms with van der Waals surface area (Å²) in [5.74, 6) is 2.96. The van der Waals surface area contributed by atoms with Gasteiger partial charge in [-0.2, -0.15) is 11.8 Å². The maximum atomic E-state index is 5.80. The topological polar surface area (TPSA) is 21.3 Å². The fourth-order valence-corrected chi connectivity index (χ4v) is 3.29. The Labute approximate surface area is 118 Å². The Morgan fingerprint density at radius 1 is 0.947 bits per heavy atom. The van der Waals surface area contributed by atoms with Crippen molar-refractivity contribution in [2.24, 2.45) is 0 Å². The van der Waals surface area contributed by atoms with Crippen molar-refractivity contribution in [3.8, 4) is 11.5 Å². The predicted octanol–water partition coefficient (Wildman–Crippen LogP) is 3.86. The average Bonchev–Trinajstić information content (AvgIpc) is 2.50. The third-order valence-corrected chi connectivity index (χ3v) is 4.44. The Morgan fingerprint density at radius 3 is 2.37 bits per heavy atom. The van der Waals surface area contributed by atoms with Crippen LogP contribution >= 0.6 is 11.8 Å². The third-order valence-electron chi connectivity index (χ3n) is 3.16. The molecular weight excluding hydrogens is 254 g/mol. The highest BCUT2D eigenvalue weighted by Crippen LogP contribution is 2.31. The number of para-hydroxylation sites is 1. The van der Waals surface area contributed by atoms with Crippen molar-refractivity contribution < 1.29 is 4.74 Å². The van der Waals surface area contributed by atoms with Crippen molar-refractivity contribution in [3.63, 3.8) is 0 Å². The summed E-state index contributed by atoms with van der Waals surface area (Å²) in [6.45, 7) is 2.18. The highest BCUT2D eigenvalue weighted by molar-refractivity contribution is 7.99. The van der Waals surface area contributed by atoms with E-state index in [1.807, 2.05) is 42.1 Å².